The highest BCUT2D eigenvalue weighted by molar-refractivity contribution is 6.30. The zero-order chi connectivity index (χ0) is 23.2. The molecule has 5 heterocycles. The number of hydrogen-bond acceptors (Lipinski definition) is 7. The molecule has 9 nitrogen and oxygen atoms in total. The summed E-state index contributed by atoms with van der Waals surface area (Å²) in [7, 11) is 0. The maximum absolute atomic E-state index is 12.9. The summed E-state index contributed by atoms with van der Waals surface area (Å²) in [5.74, 6) is -0.669. The van der Waals surface area contributed by atoms with E-state index in [2.05, 4.69) is 45.2 Å². The van der Waals surface area contributed by atoms with E-state index in [1.807, 2.05) is 13.0 Å². The average molecular weight is 510 g/mol. The van der Waals surface area contributed by atoms with E-state index in [0.29, 0.717) is 50.6 Å². The second kappa shape index (κ2) is 9.03. The molecule has 1 atom stereocenters. The van der Waals surface area contributed by atoms with Gasteiger partial charge in [0.2, 0.25) is 5.82 Å². The second-order valence-electron chi connectivity index (χ2n) is 7.19. The predicted molar refractivity (Wildman–Crippen MR) is 123 cm³/mol. The van der Waals surface area contributed by atoms with Gasteiger partial charge in [-0.3, -0.25) is 0 Å². The minimum absolute atomic E-state index is 0. The molecule has 34 heavy (non-hydrogen) atoms. The van der Waals surface area contributed by atoms with Crippen molar-refractivity contribution >= 4 is 52.0 Å². The Kier molecular flexibility index (Phi) is 6.28. The van der Waals surface area contributed by atoms with E-state index in [1.54, 1.807) is 12.4 Å². The molecule has 0 aliphatic rings. The summed E-state index contributed by atoms with van der Waals surface area (Å²) in [4.78, 5) is 29.7. The first-order valence-electron chi connectivity index (χ1n) is 9.83. The van der Waals surface area contributed by atoms with Gasteiger partial charge in [-0.1, -0.05) is 18.5 Å². The van der Waals surface area contributed by atoms with Gasteiger partial charge in [0.25, 0.3) is 0 Å². The molecule has 5 aromatic rings. The molecule has 0 bridgehead atoms. The van der Waals surface area contributed by atoms with E-state index in [9.17, 15) is 13.2 Å². The van der Waals surface area contributed by atoms with Crippen molar-refractivity contribution in [2.24, 2.45) is 0 Å². The van der Waals surface area contributed by atoms with Gasteiger partial charge in [-0.05, 0) is 12.5 Å². The van der Waals surface area contributed by atoms with Crippen LogP contribution in [0.5, 0.6) is 0 Å². The summed E-state index contributed by atoms with van der Waals surface area (Å²) in [6.45, 7) is 1.97. The first kappa shape index (κ1) is 23.6. The lowest BCUT2D eigenvalue weighted by atomic mass is 10.0. The van der Waals surface area contributed by atoms with Crippen molar-refractivity contribution < 1.29 is 13.2 Å². The number of rotatable bonds is 5. The zero-order valence-corrected chi connectivity index (χ0v) is 18.9. The Morgan fingerprint density at radius 3 is 2.65 bits per heavy atom. The van der Waals surface area contributed by atoms with Gasteiger partial charge in [-0.25, -0.2) is 29.9 Å². The van der Waals surface area contributed by atoms with E-state index >= 15 is 0 Å². The van der Waals surface area contributed by atoms with Crippen LogP contribution in [0.3, 0.4) is 0 Å². The number of alkyl halides is 3. The molecule has 0 saturated heterocycles. The van der Waals surface area contributed by atoms with Crippen LogP contribution in [0, 0.1) is 0 Å². The Bertz CT molecular complexity index is 1470. The van der Waals surface area contributed by atoms with Gasteiger partial charge in [-0.15, -0.1) is 12.4 Å². The van der Waals surface area contributed by atoms with Gasteiger partial charge in [0.1, 0.15) is 22.6 Å². The number of pyridine rings is 1. The summed E-state index contributed by atoms with van der Waals surface area (Å²) in [6.07, 6.45) is 3.24. The van der Waals surface area contributed by atoms with E-state index in [-0.39, 0.29) is 24.1 Å². The molecule has 0 fully saturated rings. The van der Waals surface area contributed by atoms with Crippen molar-refractivity contribution in [3.8, 4) is 11.1 Å². The molecule has 0 radical (unpaired) electrons. The standard InChI is InChI=1S/C20H15ClF3N9.ClH/c1-2-13(32-18-14-17(29-7-28-14)30-8-31-18)10-3-9(4-25-15(10)21)11-5-26-16-12(11)6-27-19(33-16)20(22,23)24;/h3-8,13H,2H2,1H3,(H,26,27,33)(H2,28,29,30,31,32);1H/t13-;/m0./s1. The number of halogens is 5. The summed E-state index contributed by atoms with van der Waals surface area (Å²) in [6, 6.07) is 1.57. The third-order valence-electron chi connectivity index (χ3n) is 5.17. The fraction of sp³-hybridized carbons (Fsp3) is 0.200. The quantitative estimate of drug-likeness (QED) is 0.273. The van der Waals surface area contributed by atoms with Gasteiger partial charge in [-0.2, -0.15) is 13.2 Å². The van der Waals surface area contributed by atoms with Crippen LogP contribution >= 0.6 is 24.0 Å². The third-order valence-corrected chi connectivity index (χ3v) is 5.49. The van der Waals surface area contributed by atoms with E-state index in [0.717, 1.165) is 6.20 Å². The molecule has 0 saturated carbocycles. The van der Waals surface area contributed by atoms with Crippen LogP contribution in [0.1, 0.15) is 30.8 Å². The smallest absolute Gasteiger partial charge is 0.361 e. The number of H-pyrrole nitrogens is 2. The number of aromatic nitrogens is 8. The monoisotopic (exact) mass is 509 g/mol. The molecule has 0 unspecified atom stereocenters. The number of imidazole rings is 1. The van der Waals surface area contributed by atoms with Crippen molar-refractivity contribution in [3.05, 3.63) is 53.9 Å². The first-order valence-corrected chi connectivity index (χ1v) is 10.2. The van der Waals surface area contributed by atoms with Gasteiger partial charge in [0.15, 0.2) is 11.5 Å². The number of nitrogens with zero attached hydrogens (tertiary/aromatic N) is 6. The average Bonchev–Trinajstić information content (AvgIpc) is 3.44. The second-order valence-corrected chi connectivity index (χ2v) is 7.55. The number of nitrogens with one attached hydrogen (secondary N) is 3. The molecule has 0 amide bonds. The minimum Gasteiger partial charge on any atom is -0.361 e. The Hall–Kier alpha value is -3.51. The van der Waals surface area contributed by atoms with Gasteiger partial charge >= 0.3 is 6.18 Å². The summed E-state index contributed by atoms with van der Waals surface area (Å²) in [5.41, 5.74) is 3.22. The number of anilines is 1. The summed E-state index contributed by atoms with van der Waals surface area (Å²) in [5, 5.41) is 4.06. The van der Waals surface area contributed by atoms with Crippen LogP contribution in [0.2, 0.25) is 5.15 Å². The van der Waals surface area contributed by atoms with Gasteiger partial charge in [0.05, 0.1) is 12.4 Å². The molecule has 5 aromatic heterocycles. The van der Waals surface area contributed by atoms with Crippen molar-refractivity contribution in [2.45, 2.75) is 25.6 Å². The number of fused-ring (bicyclic) bond motifs is 2. The molecule has 176 valence electrons. The topological polar surface area (TPSA) is 121 Å². The molecular formula is C20H16Cl2F3N9. The molecule has 0 spiro atoms. The lowest BCUT2D eigenvalue weighted by Gasteiger charge is -2.19. The van der Waals surface area contributed by atoms with E-state index < -0.39 is 12.0 Å². The summed E-state index contributed by atoms with van der Waals surface area (Å²) >= 11 is 6.42. The Morgan fingerprint density at radius 1 is 1.06 bits per heavy atom. The third kappa shape index (κ3) is 4.21. The van der Waals surface area contributed by atoms with Crippen molar-refractivity contribution in [1.29, 1.82) is 0 Å². The molecular weight excluding hydrogens is 494 g/mol. The van der Waals surface area contributed by atoms with Gasteiger partial charge in [0, 0.05) is 40.7 Å². The Balaban J connectivity index is 0.00000274. The SMILES string of the molecule is CC[C@H](Nc1ncnc2[nH]cnc12)c1cc(-c2c[nH]c3nc(C(F)(F)F)ncc23)cnc1Cl.Cl. The molecule has 5 rings (SSSR count). The fourth-order valence-corrected chi connectivity index (χ4v) is 3.81. The van der Waals surface area contributed by atoms with E-state index in [1.165, 1.54) is 12.7 Å². The molecule has 14 heteroatoms. The van der Waals surface area contributed by atoms with Crippen LogP contribution in [-0.4, -0.2) is 39.9 Å². The predicted octanol–water partition coefficient (Wildman–Crippen LogP) is 5.34. The molecule has 0 aliphatic heterocycles. The zero-order valence-electron chi connectivity index (χ0n) is 17.4. The maximum atomic E-state index is 12.9. The Morgan fingerprint density at radius 2 is 1.88 bits per heavy atom. The van der Waals surface area contributed by atoms with Crippen LogP contribution in [-0.2, 0) is 6.18 Å². The highest BCUT2D eigenvalue weighted by Crippen LogP contribution is 2.35. The summed E-state index contributed by atoms with van der Waals surface area (Å²) < 4.78 is 38.8. The fourth-order valence-electron chi connectivity index (χ4n) is 3.57. The highest BCUT2D eigenvalue weighted by Gasteiger charge is 2.35. The number of aromatic amines is 2. The van der Waals surface area contributed by atoms with Gasteiger partial charge < -0.3 is 15.3 Å². The lowest BCUT2D eigenvalue weighted by Crippen LogP contribution is -2.12. The first-order chi connectivity index (χ1) is 15.8. The van der Waals surface area contributed by atoms with Crippen molar-refractivity contribution in [2.75, 3.05) is 5.32 Å². The largest absolute Gasteiger partial charge is 0.451 e. The normalized spacial score (nSPS) is 12.6. The molecule has 0 aromatic carbocycles. The molecule has 3 N–H and O–H groups in total. The lowest BCUT2D eigenvalue weighted by molar-refractivity contribution is -0.144. The number of hydrogen-bond donors (Lipinski definition) is 3. The Labute approximate surface area is 201 Å². The minimum atomic E-state index is -4.63. The van der Waals surface area contributed by atoms with E-state index in [4.69, 9.17) is 11.6 Å². The van der Waals surface area contributed by atoms with Crippen LogP contribution in [0.4, 0.5) is 19.0 Å². The highest BCUT2D eigenvalue weighted by atomic mass is 35.5. The molecule has 0 aliphatic carbocycles. The van der Waals surface area contributed by atoms with Crippen LogP contribution in [0.25, 0.3) is 33.3 Å². The maximum Gasteiger partial charge on any atom is 0.451 e. The van der Waals surface area contributed by atoms with Crippen LogP contribution < -0.4 is 5.32 Å². The van der Waals surface area contributed by atoms with Crippen LogP contribution in [0.15, 0.2) is 37.3 Å². The van der Waals surface area contributed by atoms with Crippen molar-refractivity contribution in [1.82, 2.24) is 39.9 Å². The van der Waals surface area contributed by atoms with Crippen molar-refractivity contribution in [3.63, 3.8) is 0 Å².